The first-order valence-electron chi connectivity index (χ1n) is 7.34. The summed E-state index contributed by atoms with van der Waals surface area (Å²) in [7, 11) is 0. The van der Waals surface area contributed by atoms with Crippen molar-refractivity contribution >= 4 is 17.6 Å². The average Bonchev–Trinajstić information content (AvgIpc) is 3.38. The highest BCUT2D eigenvalue weighted by molar-refractivity contribution is 6.00. The molecule has 22 heavy (non-hydrogen) atoms. The summed E-state index contributed by atoms with van der Waals surface area (Å²) >= 11 is 0. The van der Waals surface area contributed by atoms with Gasteiger partial charge in [-0.1, -0.05) is 42.5 Å². The van der Waals surface area contributed by atoms with E-state index in [9.17, 15) is 9.59 Å². The van der Waals surface area contributed by atoms with Gasteiger partial charge in [0.2, 0.25) is 0 Å². The lowest BCUT2D eigenvalue weighted by molar-refractivity contribution is 0.0967. The summed E-state index contributed by atoms with van der Waals surface area (Å²) in [5.41, 5.74) is 2.14. The SMILES string of the molecule is O=C(Nc1cccc(C(=O)C2CC2)c1)OCc1ccccc1. The maximum atomic E-state index is 12.0. The van der Waals surface area contributed by atoms with Crippen LogP contribution in [0.1, 0.15) is 28.8 Å². The van der Waals surface area contributed by atoms with Gasteiger partial charge in [-0.05, 0) is 30.5 Å². The number of carbonyl (C=O) groups excluding carboxylic acids is 2. The van der Waals surface area contributed by atoms with Crippen molar-refractivity contribution < 1.29 is 14.3 Å². The number of hydrogen-bond donors (Lipinski definition) is 1. The van der Waals surface area contributed by atoms with E-state index in [4.69, 9.17) is 4.74 Å². The normalized spacial score (nSPS) is 13.5. The van der Waals surface area contributed by atoms with Gasteiger partial charge in [0.05, 0.1) is 0 Å². The summed E-state index contributed by atoms with van der Waals surface area (Å²) in [4.78, 5) is 23.8. The minimum atomic E-state index is -0.528. The van der Waals surface area contributed by atoms with Crippen LogP contribution in [0.5, 0.6) is 0 Å². The minimum absolute atomic E-state index is 0.154. The molecule has 2 aromatic rings. The van der Waals surface area contributed by atoms with Gasteiger partial charge in [-0.15, -0.1) is 0 Å². The largest absolute Gasteiger partial charge is 0.444 e. The summed E-state index contributed by atoms with van der Waals surface area (Å²) in [6, 6.07) is 16.5. The molecule has 1 aliphatic carbocycles. The van der Waals surface area contributed by atoms with Gasteiger partial charge >= 0.3 is 6.09 Å². The van der Waals surface area contributed by atoms with Gasteiger partial charge < -0.3 is 4.74 Å². The number of amides is 1. The lowest BCUT2D eigenvalue weighted by Crippen LogP contribution is -2.14. The second-order valence-electron chi connectivity index (χ2n) is 5.41. The molecule has 4 heteroatoms. The first kappa shape index (κ1) is 14.3. The molecule has 0 aliphatic heterocycles. The Morgan fingerprint density at radius 2 is 1.82 bits per heavy atom. The van der Waals surface area contributed by atoms with Crippen molar-refractivity contribution in [3.8, 4) is 0 Å². The molecule has 2 aromatic carbocycles. The van der Waals surface area contributed by atoms with Crippen LogP contribution >= 0.6 is 0 Å². The Kier molecular flexibility index (Phi) is 4.19. The maximum Gasteiger partial charge on any atom is 0.411 e. The molecule has 1 aliphatic rings. The Balaban J connectivity index is 1.57. The van der Waals surface area contributed by atoms with E-state index in [1.54, 1.807) is 24.3 Å². The van der Waals surface area contributed by atoms with Crippen LogP contribution in [-0.4, -0.2) is 11.9 Å². The summed E-state index contributed by atoms with van der Waals surface area (Å²) in [6.07, 6.45) is 1.41. The fourth-order valence-electron chi connectivity index (χ4n) is 2.21. The molecule has 1 saturated carbocycles. The van der Waals surface area contributed by atoms with E-state index in [1.807, 2.05) is 30.3 Å². The Labute approximate surface area is 129 Å². The highest BCUT2D eigenvalue weighted by atomic mass is 16.5. The number of ether oxygens (including phenoxy) is 1. The summed E-state index contributed by atoms with van der Waals surface area (Å²) < 4.78 is 5.16. The Morgan fingerprint density at radius 1 is 1.05 bits per heavy atom. The molecule has 3 rings (SSSR count). The fourth-order valence-corrected chi connectivity index (χ4v) is 2.21. The molecule has 0 heterocycles. The van der Waals surface area contributed by atoms with Crippen molar-refractivity contribution in [1.82, 2.24) is 0 Å². The van der Waals surface area contributed by atoms with E-state index in [1.165, 1.54) is 0 Å². The van der Waals surface area contributed by atoms with Crippen LogP contribution in [0, 0.1) is 5.92 Å². The molecule has 112 valence electrons. The molecule has 0 bridgehead atoms. The zero-order chi connectivity index (χ0) is 15.4. The molecule has 4 nitrogen and oxygen atoms in total. The van der Waals surface area contributed by atoms with Gasteiger partial charge in [-0.2, -0.15) is 0 Å². The molecule has 0 atom stereocenters. The van der Waals surface area contributed by atoms with E-state index >= 15 is 0 Å². The monoisotopic (exact) mass is 295 g/mol. The first-order valence-corrected chi connectivity index (χ1v) is 7.34. The predicted octanol–water partition coefficient (Wildman–Crippen LogP) is 4.03. The third kappa shape index (κ3) is 3.73. The van der Waals surface area contributed by atoms with E-state index in [0.717, 1.165) is 18.4 Å². The molecule has 0 unspecified atom stereocenters. The van der Waals surface area contributed by atoms with Gasteiger partial charge in [-0.3, -0.25) is 10.1 Å². The summed E-state index contributed by atoms with van der Waals surface area (Å²) in [5, 5.41) is 2.65. The van der Waals surface area contributed by atoms with E-state index in [2.05, 4.69) is 5.32 Å². The molecular formula is C18H17NO3. The molecule has 1 fully saturated rings. The third-order valence-corrected chi connectivity index (χ3v) is 3.55. The third-order valence-electron chi connectivity index (χ3n) is 3.55. The van der Waals surface area contributed by atoms with Gasteiger partial charge in [0.15, 0.2) is 5.78 Å². The second-order valence-corrected chi connectivity index (χ2v) is 5.41. The van der Waals surface area contributed by atoms with Crippen molar-refractivity contribution in [3.05, 3.63) is 65.7 Å². The number of rotatable bonds is 5. The lowest BCUT2D eigenvalue weighted by Gasteiger charge is -2.08. The number of ketones is 1. The van der Waals surface area contributed by atoms with Crippen molar-refractivity contribution in [2.24, 2.45) is 5.92 Å². The fraction of sp³-hybridized carbons (Fsp3) is 0.222. The first-order chi connectivity index (χ1) is 10.7. The standard InChI is InChI=1S/C18H17NO3/c20-17(14-9-10-14)15-7-4-8-16(11-15)19-18(21)22-12-13-5-2-1-3-6-13/h1-8,11,14H,9-10,12H2,(H,19,21). The zero-order valence-corrected chi connectivity index (χ0v) is 12.1. The zero-order valence-electron chi connectivity index (χ0n) is 12.1. The van der Waals surface area contributed by atoms with Crippen LogP contribution in [0.2, 0.25) is 0 Å². The van der Waals surface area contributed by atoms with Gasteiger partial charge in [-0.25, -0.2) is 4.79 Å². The van der Waals surface area contributed by atoms with Crippen LogP contribution in [0.4, 0.5) is 10.5 Å². The average molecular weight is 295 g/mol. The van der Waals surface area contributed by atoms with E-state index < -0.39 is 6.09 Å². The number of anilines is 1. The molecule has 1 N–H and O–H groups in total. The molecule has 1 amide bonds. The van der Waals surface area contributed by atoms with E-state index in [-0.39, 0.29) is 18.3 Å². The Bertz CT molecular complexity index is 678. The van der Waals surface area contributed by atoms with E-state index in [0.29, 0.717) is 11.3 Å². The quantitative estimate of drug-likeness (QED) is 0.847. The van der Waals surface area contributed by atoms with Gasteiger partial charge in [0.1, 0.15) is 6.61 Å². The second kappa shape index (κ2) is 6.43. The number of carbonyl (C=O) groups is 2. The molecule has 0 saturated heterocycles. The summed E-state index contributed by atoms with van der Waals surface area (Å²) in [5.74, 6) is 0.321. The molecule has 0 aromatic heterocycles. The number of hydrogen-bond acceptors (Lipinski definition) is 3. The molecule has 0 spiro atoms. The minimum Gasteiger partial charge on any atom is -0.444 e. The van der Waals surface area contributed by atoms with Crippen molar-refractivity contribution in [3.63, 3.8) is 0 Å². The molecular weight excluding hydrogens is 278 g/mol. The van der Waals surface area contributed by atoms with Crippen molar-refractivity contribution in [1.29, 1.82) is 0 Å². The highest BCUT2D eigenvalue weighted by Crippen LogP contribution is 2.33. The van der Waals surface area contributed by atoms with Crippen LogP contribution in [0.15, 0.2) is 54.6 Å². The Morgan fingerprint density at radius 3 is 2.55 bits per heavy atom. The predicted molar refractivity (Wildman–Crippen MR) is 83.7 cm³/mol. The van der Waals surface area contributed by atoms with Crippen LogP contribution in [0.25, 0.3) is 0 Å². The van der Waals surface area contributed by atoms with Gasteiger partial charge in [0, 0.05) is 17.2 Å². The number of benzene rings is 2. The van der Waals surface area contributed by atoms with Crippen LogP contribution in [-0.2, 0) is 11.3 Å². The smallest absolute Gasteiger partial charge is 0.411 e. The topological polar surface area (TPSA) is 55.4 Å². The van der Waals surface area contributed by atoms with Gasteiger partial charge in [0.25, 0.3) is 0 Å². The highest BCUT2D eigenvalue weighted by Gasteiger charge is 2.30. The molecule has 0 radical (unpaired) electrons. The lowest BCUT2D eigenvalue weighted by atomic mass is 10.1. The number of nitrogens with one attached hydrogen (secondary N) is 1. The maximum absolute atomic E-state index is 12.0. The van der Waals surface area contributed by atoms with Crippen molar-refractivity contribution in [2.45, 2.75) is 19.4 Å². The summed E-state index contributed by atoms with van der Waals surface area (Å²) in [6.45, 7) is 0.216. The number of Topliss-reactive ketones (excluding diaryl/α,β-unsaturated/α-hetero) is 1. The van der Waals surface area contributed by atoms with Crippen LogP contribution in [0.3, 0.4) is 0 Å². The Hall–Kier alpha value is -2.62. The van der Waals surface area contributed by atoms with Crippen LogP contribution < -0.4 is 5.32 Å². The van der Waals surface area contributed by atoms with Crippen molar-refractivity contribution in [2.75, 3.05) is 5.32 Å².